The largest absolute Gasteiger partial charge is 0.480 e. The van der Waals surface area contributed by atoms with Gasteiger partial charge in [0.15, 0.2) is 5.65 Å². The second-order valence-electron chi connectivity index (χ2n) is 4.51. The van der Waals surface area contributed by atoms with Gasteiger partial charge in [0, 0.05) is 25.4 Å². The molecule has 0 saturated carbocycles. The van der Waals surface area contributed by atoms with Crippen molar-refractivity contribution in [2.45, 2.75) is 20.4 Å². The standard InChI is InChI=1S/C11H15N5O3/c1-6-7(2)12-10(14(3)4)16-9(6)13-15(11(16)19)5-8(17)18/h5H2,1-4H3,(H,17,18). The van der Waals surface area contributed by atoms with Crippen LogP contribution in [-0.4, -0.2) is 44.3 Å². The van der Waals surface area contributed by atoms with E-state index in [0.717, 1.165) is 15.9 Å². The van der Waals surface area contributed by atoms with Crippen LogP contribution in [0.3, 0.4) is 0 Å². The first-order valence-electron chi connectivity index (χ1n) is 5.68. The Labute approximate surface area is 108 Å². The van der Waals surface area contributed by atoms with Gasteiger partial charge in [0.05, 0.1) is 0 Å². The first-order chi connectivity index (χ1) is 8.82. The minimum Gasteiger partial charge on any atom is -0.480 e. The van der Waals surface area contributed by atoms with E-state index in [1.54, 1.807) is 25.9 Å². The average Bonchev–Trinajstić information content (AvgIpc) is 2.61. The molecule has 0 radical (unpaired) electrons. The molecule has 0 atom stereocenters. The molecular formula is C11H15N5O3. The maximum atomic E-state index is 12.2. The summed E-state index contributed by atoms with van der Waals surface area (Å²) in [5, 5.41) is 12.9. The number of aromatic nitrogens is 4. The van der Waals surface area contributed by atoms with E-state index in [0.29, 0.717) is 11.6 Å². The molecule has 2 aromatic rings. The summed E-state index contributed by atoms with van der Waals surface area (Å²) in [5.41, 5.74) is 1.44. The minimum absolute atomic E-state index is 0.430. The summed E-state index contributed by atoms with van der Waals surface area (Å²) in [6.07, 6.45) is 0. The Kier molecular flexibility index (Phi) is 3.01. The van der Waals surface area contributed by atoms with Gasteiger partial charge in [0.25, 0.3) is 0 Å². The molecule has 0 fully saturated rings. The lowest BCUT2D eigenvalue weighted by Gasteiger charge is -2.14. The molecule has 0 aliphatic rings. The molecule has 19 heavy (non-hydrogen) atoms. The fraction of sp³-hybridized carbons (Fsp3) is 0.455. The van der Waals surface area contributed by atoms with Gasteiger partial charge in [-0.1, -0.05) is 0 Å². The van der Waals surface area contributed by atoms with Crippen LogP contribution in [0.1, 0.15) is 11.3 Å². The fourth-order valence-corrected chi connectivity index (χ4v) is 1.81. The Bertz CT molecular complexity index is 713. The molecule has 0 amide bonds. The minimum atomic E-state index is -1.11. The third kappa shape index (κ3) is 2.05. The Morgan fingerprint density at radius 1 is 1.37 bits per heavy atom. The number of anilines is 1. The topological polar surface area (TPSA) is 92.7 Å². The van der Waals surface area contributed by atoms with Crippen molar-refractivity contribution in [2.75, 3.05) is 19.0 Å². The molecule has 0 spiro atoms. The molecule has 2 heterocycles. The van der Waals surface area contributed by atoms with Gasteiger partial charge in [-0.2, -0.15) is 0 Å². The zero-order valence-electron chi connectivity index (χ0n) is 11.2. The van der Waals surface area contributed by atoms with Crippen molar-refractivity contribution in [3.63, 3.8) is 0 Å². The molecule has 0 aliphatic carbocycles. The summed E-state index contributed by atoms with van der Waals surface area (Å²) in [7, 11) is 3.52. The average molecular weight is 265 g/mol. The van der Waals surface area contributed by atoms with Crippen molar-refractivity contribution in [2.24, 2.45) is 0 Å². The van der Waals surface area contributed by atoms with Gasteiger partial charge >= 0.3 is 11.7 Å². The van der Waals surface area contributed by atoms with Crippen LogP contribution < -0.4 is 10.6 Å². The van der Waals surface area contributed by atoms with Crippen molar-refractivity contribution in [1.29, 1.82) is 0 Å². The number of nitrogens with zero attached hydrogens (tertiary/aromatic N) is 5. The highest BCUT2D eigenvalue weighted by Gasteiger charge is 2.18. The third-order valence-electron chi connectivity index (χ3n) is 2.87. The van der Waals surface area contributed by atoms with Gasteiger partial charge in [-0.05, 0) is 13.8 Å². The van der Waals surface area contributed by atoms with Crippen LogP contribution in [-0.2, 0) is 11.3 Å². The van der Waals surface area contributed by atoms with Crippen molar-refractivity contribution in [1.82, 2.24) is 19.2 Å². The second-order valence-corrected chi connectivity index (χ2v) is 4.51. The molecule has 0 aliphatic heterocycles. The zero-order valence-corrected chi connectivity index (χ0v) is 11.2. The predicted octanol–water partition coefficient (Wildman–Crippen LogP) is -0.342. The number of hydrogen-bond acceptors (Lipinski definition) is 5. The van der Waals surface area contributed by atoms with Gasteiger partial charge in [-0.25, -0.2) is 18.9 Å². The first-order valence-corrected chi connectivity index (χ1v) is 5.68. The Morgan fingerprint density at radius 2 is 2.00 bits per heavy atom. The van der Waals surface area contributed by atoms with Crippen LogP contribution in [0.5, 0.6) is 0 Å². The van der Waals surface area contributed by atoms with Crippen LogP contribution in [0.15, 0.2) is 4.79 Å². The molecule has 1 N–H and O–H groups in total. The maximum absolute atomic E-state index is 12.2. The molecule has 2 aromatic heterocycles. The highest BCUT2D eigenvalue weighted by molar-refractivity contribution is 5.66. The smallest absolute Gasteiger partial charge is 0.353 e. The Morgan fingerprint density at radius 3 is 2.53 bits per heavy atom. The van der Waals surface area contributed by atoms with Crippen LogP contribution in [0.2, 0.25) is 0 Å². The molecule has 0 aromatic carbocycles. The van der Waals surface area contributed by atoms with Crippen LogP contribution in [0, 0.1) is 13.8 Å². The predicted molar refractivity (Wildman–Crippen MR) is 68.7 cm³/mol. The fourth-order valence-electron chi connectivity index (χ4n) is 1.81. The lowest BCUT2D eigenvalue weighted by molar-refractivity contribution is -0.137. The first kappa shape index (κ1) is 13.1. The monoisotopic (exact) mass is 265 g/mol. The van der Waals surface area contributed by atoms with E-state index in [1.807, 2.05) is 6.92 Å². The van der Waals surface area contributed by atoms with E-state index in [-0.39, 0.29) is 0 Å². The number of fused-ring (bicyclic) bond motifs is 1. The highest BCUT2D eigenvalue weighted by Crippen LogP contribution is 2.15. The number of aryl methyl sites for hydroxylation is 2. The normalized spacial score (nSPS) is 10.9. The van der Waals surface area contributed by atoms with E-state index in [1.165, 1.54) is 4.40 Å². The summed E-state index contributed by atoms with van der Waals surface area (Å²) in [4.78, 5) is 28.9. The van der Waals surface area contributed by atoms with Crippen molar-refractivity contribution >= 4 is 17.6 Å². The highest BCUT2D eigenvalue weighted by atomic mass is 16.4. The van der Waals surface area contributed by atoms with Gasteiger partial charge in [0.2, 0.25) is 5.95 Å². The molecule has 2 rings (SSSR count). The van der Waals surface area contributed by atoms with Crippen molar-refractivity contribution in [3.8, 4) is 0 Å². The molecule has 0 saturated heterocycles. The van der Waals surface area contributed by atoms with E-state index in [2.05, 4.69) is 10.1 Å². The summed E-state index contributed by atoms with van der Waals surface area (Å²) in [5.74, 6) is -0.681. The Balaban J connectivity index is 2.85. The number of carboxylic acid groups (broad SMARTS) is 1. The number of rotatable bonds is 3. The van der Waals surface area contributed by atoms with Crippen LogP contribution in [0.25, 0.3) is 5.65 Å². The van der Waals surface area contributed by atoms with Crippen molar-refractivity contribution < 1.29 is 9.90 Å². The molecular weight excluding hydrogens is 250 g/mol. The Hall–Kier alpha value is -2.38. The number of carboxylic acids is 1. The molecule has 8 nitrogen and oxygen atoms in total. The summed E-state index contributed by atoms with van der Waals surface area (Å²) >= 11 is 0. The molecule has 0 unspecified atom stereocenters. The second kappa shape index (κ2) is 4.38. The van der Waals surface area contributed by atoms with Crippen LogP contribution in [0.4, 0.5) is 5.95 Å². The van der Waals surface area contributed by atoms with E-state index >= 15 is 0 Å². The summed E-state index contributed by atoms with van der Waals surface area (Å²) < 4.78 is 2.25. The van der Waals surface area contributed by atoms with Gasteiger partial charge in [0.1, 0.15) is 6.54 Å². The molecule has 8 heteroatoms. The van der Waals surface area contributed by atoms with E-state index in [9.17, 15) is 9.59 Å². The lowest BCUT2D eigenvalue weighted by atomic mass is 10.2. The number of hydrogen-bond donors (Lipinski definition) is 1. The van der Waals surface area contributed by atoms with Crippen LogP contribution >= 0.6 is 0 Å². The van der Waals surface area contributed by atoms with Gasteiger partial charge in [-0.15, -0.1) is 5.10 Å². The molecule has 102 valence electrons. The summed E-state index contributed by atoms with van der Waals surface area (Å²) in [6.45, 7) is 3.16. The van der Waals surface area contributed by atoms with Gasteiger partial charge in [-0.3, -0.25) is 4.79 Å². The summed E-state index contributed by atoms with van der Waals surface area (Å²) in [6, 6.07) is 0. The zero-order chi connectivity index (χ0) is 14.3. The number of carbonyl (C=O) groups is 1. The maximum Gasteiger partial charge on any atom is 0.353 e. The SMILES string of the molecule is Cc1nc(N(C)C)n2c(=O)n(CC(=O)O)nc2c1C. The third-order valence-corrected chi connectivity index (χ3v) is 2.87. The lowest BCUT2D eigenvalue weighted by Crippen LogP contribution is -2.28. The van der Waals surface area contributed by atoms with E-state index in [4.69, 9.17) is 5.11 Å². The quantitative estimate of drug-likeness (QED) is 0.816. The van der Waals surface area contributed by atoms with Gasteiger partial charge < -0.3 is 10.0 Å². The number of aliphatic carboxylic acids is 1. The van der Waals surface area contributed by atoms with Crippen molar-refractivity contribution in [3.05, 3.63) is 21.7 Å². The molecule has 0 bridgehead atoms. The van der Waals surface area contributed by atoms with E-state index < -0.39 is 18.2 Å².